The molecule has 78 valence electrons. The number of para-hydroxylation sites is 1. The zero-order valence-corrected chi connectivity index (χ0v) is 8.57. The van der Waals surface area contributed by atoms with Gasteiger partial charge < -0.3 is 15.5 Å². The molecule has 0 spiro atoms. The summed E-state index contributed by atoms with van der Waals surface area (Å²) >= 11 is 0. The Morgan fingerprint density at radius 2 is 1.93 bits per heavy atom. The summed E-state index contributed by atoms with van der Waals surface area (Å²) < 4.78 is 0. The van der Waals surface area contributed by atoms with Crippen molar-refractivity contribution >= 4 is 5.69 Å². The van der Waals surface area contributed by atoms with Gasteiger partial charge in [0.15, 0.2) is 0 Å². The first-order chi connectivity index (χ1) is 6.65. The highest BCUT2D eigenvalue weighted by atomic mass is 16.3. The zero-order valence-electron chi connectivity index (χ0n) is 8.57. The first-order valence-electron chi connectivity index (χ1n) is 4.78. The average Bonchev–Trinajstić information content (AvgIpc) is 2.18. The highest BCUT2D eigenvalue weighted by Gasteiger charge is 2.09. The fraction of sp³-hybridized carbons (Fsp3) is 0.455. The molecule has 0 aliphatic rings. The van der Waals surface area contributed by atoms with Crippen LogP contribution in [0.2, 0.25) is 0 Å². The minimum Gasteiger partial charge on any atom is -0.392 e. The van der Waals surface area contributed by atoms with Crippen molar-refractivity contribution in [3.8, 4) is 0 Å². The Morgan fingerprint density at radius 1 is 1.29 bits per heavy atom. The maximum absolute atomic E-state index is 9.32. The van der Waals surface area contributed by atoms with Gasteiger partial charge in [0.1, 0.15) is 0 Å². The predicted octanol–water partition coefficient (Wildman–Crippen LogP) is 1.36. The third-order valence-corrected chi connectivity index (χ3v) is 2.29. The van der Waals surface area contributed by atoms with Crippen LogP contribution < -0.4 is 5.32 Å². The van der Waals surface area contributed by atoms with Crippen LogP contribution in [0.5, 0.6) is 0 Å². The van der Waals surface area contributed by atoms with Gasteiger partial charge in [-0.25, -0.2) is 0 Å². The lowest BCUT2D eigenvalue weighted by atomic mass is 10.1. The Morgan fingerprint density at radius 3 is 2.50 bits per heavy atom. The zero-order chi connectivity index (χ0) is 10.6. The monoisotopic (exact) mass is 195 g/mol. The molecule has 2 unspecified atom stereocenters. The molecular weight excluding hydrogens is 178 g/mol. The van der Waals surface area contributed by atoms with Crippen molar-refractivity contribution in [1.82, 2.24) is 0 Å². The smallest absolute Gasteiger partial charge is 0.0710 e. The van der Waals surface area contributed by atoms with E-state index >= 15 is 0 Å². The van der Waals surface area contributed by atoms with Crippen LogP contribution >= 0.6 is 0 Å². The highest BCUT2D eigenvalue weighted by molar-refractivity contribution is 5.51. The Kier molecular flexibility index (Phi) is 3.92. The molecule has 14 heavy (non-hydrogen) atoms. The summed E-state index contributed by atoms with van der Waals surface area (Å²) in [6, 6.07) is 7.50. The van der Waals surface area contributed by atoms with Gasteiger partial charge in [-0.3, -0.25) is 0 Å². The van der Waals surface area contributed by atoms with Crippen LogP contribution in [0.3, 0.4) is 0 Å². The van der Waals surface area contributed by atoms with Gasteiger partial charge in [-0.2, -0.15) is 0 Å². The molecule has 0 heterocycles. The average molecular weight is 195 g/mol. The number of aliphatic hydroxyl groups is 2. The van der Waals surface area contributed by atoms with E-state index in [9.17, 15) is 5.11 Å². The van der Waals surface area contributed by atoms with Crippen molar-refractivity contribution in [3.05, 3.63) is 29.8 Å². The van der Waals surface area contributed by atoms with E-state index in [0.29, 0.717) is 0 Å². The Balaban J connectivity index is 2.75. The summed E-state index contributed by atoms with van der Waals surface area (Å²) in [6.45, 7) is 3.65. The quantitative estimate of drug-likeness (QED) is 0.680. The largest absolute Gasteiger partial charge is 0.392 e. The van der Waals surface area contributed by atoms with E-state index in [4.69, 9.17) is 5.11 Å². The van der Waals surface area contributed by atoms with Crippen LogP contribution in [-0.2, 0) is 6.61 Å². The van der Waals surface area contributed by atoms with Gasteiger partial charge in [-0.1, -0.05) is 18.2 Å². The third-order valence-electron chi connectivity index (χ3n) is 2.29. The number of benzene rings is 1. The molecule has 3 heteroatoms. The van der Waals surface area contributed by atoms with Crippen molar-refractivity contribution in [2.45, 2.75) is 32.6 Å². The molecule has 1 rings (SSSR count). The van der Waals surface area contributed by atoms with Crippen molar-refractivity contribution < 1.29 is 10.2 Å². The molecule has 3 nitrogen and oxygen atoms in total. The first kappa shape index (κ1) is 11.0. The van der Waals surface area contributed by atoms with Crippen LogP contribution in [0.4, 0.5) is 5.69 Å². The summed E-state index contributed by atoms with van der Waals surface area (Å²) in [5, 5.41) is 21.5. The lowest BCUT2D eigenvalue weighted by Crippen LogP contribution is -2.28. The van der Waals surface area contributed by atoms with E-state index < -0.39 is 6.10 Å². The Labute approximate surface area is 84.4 Å². The first-order valence-corrected chi connectivity index (χ1v) is 4.78. The van der Waals surface area contributed by atoms with E-state index in [-0.39, 0.29) is 12.6 Å². The Hall–Kier alpha value is -1.06. The van der Waals surface area contributed by atoms with E-state index in [1.807, 2.05) is 31.2 Å². The number of rotatable bonds is 4. The molecule has 0 aliphatic heterocycles. The van der Waals surface area contributed by atoms with Crippen molar-refractivity contribution in [2.75, 3.05) is 5.32 Å². The minimum atomic E-state index is -0.415. The molecule has 0 saturated heterocycles. The summed E-state index contributed by atoms with van der Waals surface area (Å²) in [4.78, 5) is 0. The van der Waals surface area contributed by atoms with Gasteiger partial charge in [0.2, 0.25) is 0 Å². The van der Waals surface area contributed by atoms with Crippen molar-refractivity contribution in [3.63, 3.8) is 0 Å². The summed E-state index contributed by atoms with van der Waals surface area (Å²) in [7, 11) is 0. The molecule has 3 N–H and O–H groups in total. The molecule has 0 bridgehead atoms. The summed E-state index contributed by atoms with van der Waals surface area (Å²) in [5.74, 6) is 0. The standard InChI is InChI=1S/C11H17NO2/c1-8(9(2)14)12-11-6-4-3-5-10(11)7-13/h3-6,8-9,12-14H,7H2,1-2H3. The van der Waals surface area contributed by atoms with E-state index in [1.54, 1.807) is 6.92 Å². The normalized spacial score (nSPS) is 14.9. The van der Waals surface area contributed by atoms with Gasteiger partial charge in [-0.05, 0) is 19.9 Å². The molecule has 0 aromatic heterocycles. The summed E-state index contributed by atoms with van der Waals surface area (Å²) in [5.41, 5.74) is 1.73. The predicted molar refractivity (Wildman–Crippen MR) is 57.1 cm³/mol. The number of aliphatic hydroxyl groups excluding tert-OH is 2. The van der Waals surface area contributed by atoms with Crippen LogP contribution in [0.15, 0.2) is 24.3 Å². The van der Waals surface area contributed by atoms with Crippen molar-refractivity contribution in [2.24, 2.45) is 0 Å². The number of hydrogen-bond acceptors (Lipinski definition) is 3. The molecule has 2 atom stereocenters. The molecule has 0 fully saturated rings. The number of anilines is 1. The van der Waals surface area contributed by atoms with Crippen LogP contribution in [0.25, 0.3) is 0 Å². The molecule has 1 aromatic carbocycles. The lowest BCUT2D eigenvalue weighted by molar-refractivity contribution is 0.177. The van der Waals surface area contributed by atoms with Gasteiger partial charge >= 0.3 is 0 Å². The lowest BCUT2D eigenvalue weighted by Gasteiger charge is -2.19. The SMILES string of the molecule is CC(O)C(C)Nc1ccccc1CO. The van der Waals surface area contributed by atoms with Crippen LogP contribution in [0.1, 0.15) is 19.4 Å². The maximum Gasteiger partial charge on any atom is 0.0710 e. The van der Waals surface area contributed by atoms with E-state index in [1.165, 1.54) is 0 Å². The van der Waals surface area contributed by atoms with Crippen molar-refractivity contribution in [1.29, 1.82) is 0 Å². The minimum absolute atomic E-state index is 0.00963. The number of hydrogen-bond donors (Lipinski definition) is 3. The molecular formula is C11H17NO2. The van der Waals surface area contributed by atoms with Crippen LogP contribution in [0, 0.1) is 0 Å². The van der Waals surface area contributed by atoms with Gasteiger partial charge in [-0.15, -0.1) is 0 Å². The van der Waals surface area contributed by atoms with E-state index in [0.717, 1.165) is 11.3 Å². The maximum atomic E-state index is 9.32. The molecule has 1 aromatic rings. The van der Waals surface area contributed by atoms with Crippen LogP contribution in [-0.4, -0.2) is 22.4 Å². The fourth-order valence-corrected chi connectivity index (χ4v) is 1.16. The Bertz CT molecular complexity index is 286. The third kappa shape index (κ3) is 2.72. The molecule has 0 aliphatic carbocycles. The molecule has 0 radical (unpaired) electrons. The summed E-state index contributed by atoms with van der Waals surface area (Å²) in [6.07, 6.45) is -0.415. The second-order valence-electron chi connectivity index (χ2n) is 3.49. The van der Waals surface area contributed by atoms with Gasteiger partial charge in [0, 0.05) is 17.3 Å². The molecule has 0 saturated carbocycles. The second kappa shape index (κ2) is 4.98. The fourth-order valence-electron chi connectivity index (χ4n) is 1.16. The van der Waals surface area contributed by atoms with Gasteiger partial charge in [0.25, 0.3) is 0 Å². The van der Waals surface area contributed by atoms with Gasteiger partial charge in [0.05, 0.1) is 12.7 Å². The van der Waals surface area contributed by atoms with E-state index in [2.05, 4.69) is 5.32 Å². The molecule has 0 amide bonds. The highest BCUT2D eigenvalue weighted by Crippen LogP contribution is 2.16. The second-order valence-corrected chi connectivity index (χ2v) is 3.49. The topological polar surface area (TPSA) is 52.5 Å². The number of nitrogens with one attached hydrogen (secondary N) is 1.